The monoisotopic (exact) mass is 388 g/mol. The Bertz CT molecular complexity index is 961. The lowest BCUT2D eigenvalue weighted by molar-refractivity contribution is 0.866. The van der Waals surface area contributed by atoms with Gasteiger partial charge in [0.25, 0.3) is 0 Å². The molecule has 1 aliphatic heterocycles. The minimum Gasteiger partial charge on any atom is -0.372 e. The van der Waals surface area contributed by atoms with Crippen LogP contribution >= 0.6 is 0 Å². The summed E-state index contributed by atoms with van der Waals surface area (Å²) in [6, 6.07) is 14.8. The van der Waals surface area contributed by atoms with Crippen LogP contribution in [0.1, 0.15) is 43.7 Å². The molecule has 0 radical (unpaired) electrons. The van der Waals surface area contributed by atoms with Crippen LogP contribution in [0.5, 0.6) is 0 Å². The van der Waals surface area contributed by atoms with Crippen molar-refractivity contribution >= 4 is 28.8 Å². The highest BCUT2D eigenvalue weighted by Crippen LogP contribution is 2.30. The molecule has 1 aliphatic rings. The fourth-order valence-corrected chi connectivity index (χ4v) is 3.75. The Morgan fingerprint density at radius 2 is 1.72 bits per heavy atom. The molecule has 0 atom stereocenters. The van der Waals surface area contributed by atoms with Gasteiger partial charge in [-0.05, 0) is 61.1 Å². The van der Waals surface area contributed by atoms with Crippen LogP contribution < -0.4 is 15.5 Å². The van der Waals surface area contributed by atoms with Gasteiger partial charge in [0.15, 0.2) is 5.82 Å². The minimum atomic E-state index is 0.416. The van der Waals surface area contributed by atoms with E-state index in [1.54, 1.807) is 6.20 Å². The Kier molecular flexibility index (Phi) is 5.60. The number of benzene rings is 2. The van der Waals surface area contributed by atoms with Crippen LogP contribution in [0.4, 0.5) is 28.8 Å². The number of para-hydroxylation sites is 1. The lowest BCUT2D eigenvalue weighted by Gasteiger charge is -2.18. The molecular formula is C23H28N6. The van der Waals surface area contributed by atoms with E-state index in [4.69, 9.17) is 0 Å². The van der Waals surface area contributed by atoms with E-state index < -0.39 is 0 Å². The summed E-state index contributed by atoms with van der Waals surface area (Å²) >= 11 is 0. The second kappa shape index (κ2) is 8.47. The molecule has 0 spiro atoms. The van der Waals surface area contributed by atoms with Gasteiger partial charge in [-0.1, -0.05) is 32.0 Å². The quantitative estimate of drug-likeness (QED) is 0.590. The van der Waals surface area contributed by atoms with Gasteiger partial charge in [0, 0.05) is 30.2 Å². The molecule has 29 heavy (non-hydrogen) atoms. The summed E-state index contributed by atoms with van der Waals surface area (Å²) in [5.74, 6) is 1.56. The molecular weight excluding hydrogens is 360 g/mol. The normalized spacial score (nSPS) is 13.7. The second-order valence-electron chi connectivity index (χ2n) is 7.85. The van der Waals surface area contributed by atoms with Crippen LogP contribution in [0.25, 0.3) is 0 Å². The fourth-order valence-electron chi connectivity index (χ4n) is 3.75. The maximum Gasteiger partial charge on any atom is 0.249 e. The maximum atomic E-state index is 4.60. The van der Waals surface area contributed by atoms with E-state index in [0.29, 0.717) is 17.7 Å². The summed E-state index contributed by atoms with van der Waals surface area (Å²) in [6.45, 7) is 8.77. The Hall–Kier alpha value is -3.15. The van der Waals surface area contributed by atoms with E-state index in [2.05, 4.69) is 94.0 Å². The van der Waals surface area contributed by atoms with E-state index in [-0.39, 0.29) is 0 Å². The van der Waals surface area contributed by atoms with Crippen molar-refractivity contribution in [2.45, 2.75) is 39.5 Å². The lowest BCUT2D eigenvalue weighted by Crippen LogP contribution is -2.17. The molecule has 0 unspecified atom stereocenters. The zero-order valence-electron chi connectivity index (χ0n) is 17.3. The highest BCUT2D eigenvalue weighted by atomic mass is 15.3. The molecule has 0 bridgehead atoms. The van der Waals surface area contributed by atoms with E-state index in [9.17, 15) is 0 Å². The molecule has 150 valence electrons. The van der Waals surface area contributed by atoms with Gasteiger partial charge < -0.3 is 15.5 Å². The Balaban J connectivity index is 1.49. The van der Waals surface area contributed by atoms with E-state index in [1.807, 2.05) is 0 Å². The van der Waals surface area contributed by atoms with Crippen molar-refractivity contribution < 1.29 is 0 Å². The van der Waals surface area contributed by atoms with Crippen LogP contribution in [0.15, 0.2) is 48.7 Å². The molecule has 2 N–H and O–H groups in total. The van der Waals surface area contributed by atoms with Crippen LogP contribution in [0.3, 0.4) is 0 Å². The van der Waals surface area contributed by atoms with Gasteiger partial charge in [-0.2, -0.15) is 10.1 Å². The fraction of sp³-hybridized carbons (Fsp3) is 0.348. The van der Waals surface area contributed by atoms with Gasteiger partial charge in [-0.25, -0.2) is 0 Å². The van der Waals surface area contributed by atoms with Crippen molar-refractivity contribution in [3.8, 4) is 0 Å². The number of hydrogen-bond donors (Lipinski definition) is 2. The number of aromatic nitrogens is 3. The number of aryl methyl sites for hydroxylation is 1. The first-order valence-corrected chi connectivity index (χ1v) is 10.3. The average molecular weight is 389 g/mol. The SMILES string of the molecule is Cc1cccc(C(C)C)c1Nc1cnnc(Nc2ccc(N3CCCC3)cc2)n1. The first-order valence-electron chi connectivity index (χ1n) is 10.3. The minimum absolute atomic E-state index is 0.416. The topological polar surface area (TPSA) is 66.0 Å². The molecule has 0 saturated carbocycles. The highest BCUT2D eigenvalue weighted by molar-refractivity contribution is 5.66. The summed E-state index contributed by atoms with van der Waals surface area (Å²) in [4.78, 5) is 7.02. The maximum absolute atomic E-state index is 4.60. The van der Waals surface area contributed by atoms with Crippen molar-refractivity contribution in [1.29, 1.82) is 0 Å². The molecule has 1 saturated heterocycles. The van der Waals surface area contributed by atoms with E-state index >= 15 is 0 Å². The molecule has 2 aromatic carbocycles. The van der Waals surface area contributed by atoms with Gasteiger partial charge in [-0.3, -0.25) is 0 Å². The number of anilines is 5. The second-order valence-corrected chi connectivity index (χ2v) is 7.85. The molecule has 2 heterocycles. The van der Waals surface area contributed by atoms with E-state index in [0.717, 1.165) is 24.5 Å². The molecule has 6 heteroatoms. The zero-order valence-corrected chi connectivity index (χ0v) is 17.3. The summed E-state index contributed by atoms with van der Waals surface area (Å²) in [5.41, 5.74) is 5.75. The van der Waals surface area contributed by atoms with Crippen LogP contribution in [-0.4, -0.2) is 28.3 Å². The number of hydrogen-bond acceptors (Lipinski definition) is 6. The molecule has 4 rings (SSSR count). The number of rotatable bonds is 6. The molecule has 6 nitrogen and oxygen atoms in total. The molecule has 3 aromatic rings. The Morgan fingerprint density at radius 1 is 0.966 bits per heavy atom. The van der Waals surface area contributed by atoms with Crippen molar-refractivity contribution in [2.75, 3.05) is 28.6 Å². The zero-order chi connectivity index (χ0) is 20.2. The predicted octanol–water partition coefficient (Wildman–Crippen LogP) is 5.39. The third kappa shape index (κ3) is 4.47. The summed E-state index contributed by atoms with van der Waals surface area (Å²) in [6.07, 6.45) is 4.20. The molecule has 1 fully saturated rings. The third-order valence-corrected chi connectivity index (χ3v) is 5.33. The summed E-state index contributed by atoms with van der Waals surface area (Å²) < 4.78 is 0. The smallest absolute Gasteiger partial charge is 0.249 e. The number of nitrogens with one attached hydrogen (secondary N) is 2. The Morgan fingerprint density at radius 3 is 2.45 bits per heavy atom. The lowest BCUT2D eigenvalue weighted by atomic mass is 9.98. The van der Waals surface area contributed by atoms with Gasteiger partial charge in [0.1, 0.15) is 0 Å². The number of nitrogens with zero attached hydrogens (tertiary/aromatic N) is 4. The summed E-state index contributed by atoms with van der Waals surface area (Å²) in [7, 11) is 0. The van der Waals surface area contributed by atoms with Gasteiger partial charge >= 0.3 is 0 Å². The first-order chi connectivity index (χ1) is 14.1. The average Bonchev–Trinajstić information content (AvgIpc) is 3.25. The third-order valence-electron chi connectivity index (χ3n) is 5.33. The summed E-state index contributed by atoms with van der Waals surface area (Å²) in [5, 5.41) is 14.9. The van der Waals surface area contributed by atoms with Gasteiger partial charge in [-0.15, -0.1) is 5.10 Å². The van der Waals surface area contributed by atoms with Crippen LogP contribution in [-0.2, 0) is 0 Å². The molecule has 1 aromatic heterocycles. The van der Waals surface area contributed by atoms with Crippen molar-refractivity contribution in [3.63, 3.8) is 0 Å². The van der Waals surface area contributed by atoms with Crippen molar-refractivity contribution in [3.05, 3.63) is 59.8 Å². The largest absolute Gasteiger partial charge is 0.372 e. The molecule has 0 amide bonds. The van der Waals surface area contributed by atoms with E-state index in [1.165, 1.54) is 29.7 Å². The van der Waals surface area contributed by atoms with Crippen LogP contribution in [0.2, 0.25) is 0 Å². The Labute approximate surface area is 172 Å². The van der Waals surface area contributed by atoms with Crippen molar-refractivity contribution in [2.24, 2.45) is 0 Å². The first kappa shape index (κ1) is 19.2. The molecule has 0 aliphatic carbocycles. The van der Waals surface area contributed by atoms with Gasteiger partial charge in [0.2, 0.25) is 5.95 Å². The van der Waals surface area contributed by atoms with Gasteiger partial charge in [0.05, 0.1) is 6.20 Å². The predicted molar refractivity (Wildman–Crippen MR) is 120 cm³/mol. The standard InChI is InChI=1S/C23H28N6/c1-16(2)20-8-6-7-17(3)22(20)26-21-15-24-28-23(27-21)25-18-9-11-19(12-10-18)29-13-4-5-14-29/h6-12,15-16H,4-5,13-14H2,1-3H3,(H2,25,26,27,28). The highest BCUT2D eigenvalue weighted by Gasteiger charge is 2.13. The van der Waals surface area contributed by atoms with Crippen molar-refractivity contribution in [1.82, 2.24) is 15.2 Å². The van der Waals surface area contributed by atoms with Crippen LogP contribution in [0, 0.1) is 6.92 Å².